The van der Waals surface area contributed by atoms with Crippen molar-refractivity contribution < 1.29 is 14.6 Å². The van der Waals surface area contributed by atoms with Gasteiger partial charge in [-0.15, -0.1) is 0 Å². The minimum absolute atomic E-state index is 0.162. The van der Waals surface area contributed by atoms with E-state index in [0.717, 1.165) is 5.56 Å². The first-order valence-electron chi connectivity index (χ1n) is 5.56. The van der Waals surface area contributed by atoms with Gasteiger partial charge in [0.25, 0.3) is 0 Å². The second-order valence-electron chi connectivity index (χ2n) is 4.32. The zero-order valence-corrected chi connectivity index (χ0v) is 9.35. The van der Waals surface area contributed by atoms with Crippen LogP contribution in [0.15, 0.2) is 24.3 Å². The zero-order valence-electron chi connectivity index (χ0n) is 9.35. The Labute approximate surface area is 95.0 Å². The van der Waals surface area contributed by atoms with Gasteiger partial charge < -0.3 is 9.84 Å². The smallest absolute Gasteiger partial charge is 0.306 e. The number of benzene rings is 1. The van der Waals surface area contributed by atoms with Gasteiger partial charge in [0.05, 0.1) is 13.5 Å². The van der Waals surface area contributed by atoms with E-state index in [9.17, 15) is 9.90 Å². The van der Waals surface area contributed by atoms with Gasteiger partial charge in [-0.1, -0.05) is 12.1 Å². The van der Waals surface area contributed by atoms with Crippen molar-refractivity contribution in [1.29, 1.82) is 0 Å². The Morgan fingerprint density at radius 1 is 1.44 bits per heavy atom. The Balaban J connectivity index is 2.12. The molecule has 0 spiro atoms. The van der Waals surface area contributed by atoms with Crippen LogP contribution in [-0.2, 0) is 9.53 Å². The maximum absolute atomic E-state index is 11.3. The maximum atomic E-state index is 11.3. The van der Waals surface area contributed by atoms with Crippen molar-refractivity contribution in [2.45, 2.75) is 25.2 Å². The average Bonchev–Trinajstić information content (AvgIpc) is 3.11. The topological polar surface area (TPSA) is 46.5 Å². The van der Waals surface area contributed by atoms with E-state index in [4.69, 9.17) is 4.74 Å². The summed E-state index contributed by atoms with van der Waals surface area (Å²) in [6.07, 6.45) is 2.80. The summed E-state index contributed by atoms with van der Waals surface area (Å²) in [7, 11) is 1.42. The maximum Gasteiger partial charge on any atom is 0.306 e. The molecule has 1 fully saturated rings. The van der Waals surface area contributed by atoms with Crippen LogP contribution in [0.1, 0.15) is 30.7 Å². The number of hydrogen-bond acceptors (Lipinski definition) is 3. The van der Waals surface area contributed by atoms with E-state index >= 15 is 0 Å². The van der Waals surface area contributed by atoms with Crippen LogP contribution < -0.4 is 0 Å². The van der Waals surface area contributed by atoms with Crippen molar-refractivity contribution in [2.75, 3.05) is 7.11 Å². The number of aromatic hydroxyl groups is 1. The fourth-order valence-electron chi connectivity index (χ4n) is 2.04. The second-order valence-corrected chi connectivity index (χ2v) is 4.32. The van der Waals surface area contributed by atoms with Crippen molar-refractivity contribution in [3.63, 3.8) is 0 Å². The van der Waals surface area contributed by atoms with Crippen molar-refractivity contribution in [3.8, 4) is 5.75 Å². The number of rotatable bonds is 4. The molecule has 2 rings (SSSR count). The third-order valence-electron chi connectivity index (χ3n) is 3.13. The quantitative estimate of drug-likeness (QED) is 0.793. The number of ether oxygens (including phenoxy) is 1. The largest absolute Gasteiger partial charge is 0.508 e. The van der Waals surface area contributed by atoms with Crippen molar-refractivity contribution >= 4 is 5.97 Å². The Kier molecular flexibility index (Phi) is 3.13. The third-order valence-corrected chi connectivity index (χ3v) is 3.13. The molecule has 3 heteroatoms. The number of methoxy groups -OCH3 is 1. The first-order valence-corrected chi connectivity index (χ1v) is 5.56. The molecule has 0 heterocycles. The average molecular weight is 220 g/mol. The van der Waals surface area contributed by atoms with Gasteiger partial charge in [-0.2, -0.15) is 0 Å². The van der Waals surface area contributed by atoms with Crippen LogP contribution in [0, 0.1) is 5.92 Å². The molecule has 1 aliphatic carbocycles. The van der Waals surface area contributed by atoms with E-state index < -0.39 is 0 Å². The Bertz CT molecular complexity index is 365. The van der Waals surface area contributed by atoms with Gasteiger partial charge in [-0.25, -0.2) is 0 Å². The molecule has 0 radical (unpaired) electrons. The van der Waals surface area contributed by atoms with Crippen LogP contribution in [0.25, 0.3) is 0 Å². The number of phenols is 1. The van der Waals surface area contributed by atoms with E-state index in [0.29, 0.717) is 12.3 Å². The number of carbonyl (C=O) groups excluding carboxylic acids is 1. The van der Waals surface area contributed by atoms with Gasteiger partial charge in [0.2, 0.25) is 0 Å². The summed E-state index contributed by atoms with van der Waals surface area (Å²) in [5, 5.41) is 9.23. The molecule has 0 bridgehead atoms. The fraction of sp³-hybridized carbons (Fsp3) is 0.462. The molecular formula is C13H16O3. The summed E-state index contributed by atoms with van der Waals surface area (Å²) in [5.41, 5.74) is 1.12. The van der Waals surface area contributed by atoms with Crippen LogP contribution in [0.4, 0.5) is 0 Å². The third kappa shape index (κ3) is 2.54. The SMILES string of the molecule is COC(=O)C[C@H](c1ccc(O)cc1)C1CC1. The van der Waals surface area contributed by atoms with E-state index in [1.54, 1.807) is 12.1 Å². The molecular weight excluding hydrogens is 204 g/mol. The normalized spacial score (nSPS) is 16.8. The highest BCUT2D eigenvalue weighted by molar-refractivity contribution is 5.70. The van der Waals surface area contributed by atoms with Crippen LogP contribution in [0.2, 0.25) is 0 Å². The Hall–Kier alpha value is -1.51. The highest BCUT2D eigenvalue weighted by Gasteiger charge is 2.33. The first-order chi connectivity index (χ1) is 7.70. The summed E-state index contributed by atoms with van der Waals surface area (Å²) in [6, 6.07) is 7.12. The molecule has 0 aliphatic heterocycles. The zero-order chi connectivity index (χ0) is 11.5. The van der Waals surface area contributed by atoms with Gasteiger partial charge in [-0.05, 0) is 42.4 Å². The van der Waals surface area contributed by atoms with Crippen LogP contribution in [0.5, 0.6) is 5.75 Å². The molecule has 0 unspecified atom stereocenters. The minimum Gasteiger partial charge on any atom is -0.508 e. The number of hydrogen-bond donors (Lipinski definition) is 1. The molecule has 86 valence electrons. The molecule has 0 saturated heterocycles. The van der Waals surface area contributed by atoms with Crippen molar-refractivity contribution in [3.05, 3.63) is 29.8 Å². The predicted octanol–water partition coefficient (Wildman–Crippen LogP) is 2.45. The lowest BCUT2D eigenvalue weighted by Crippen LogP contribution is -2.10. The predicted molar refractivity (Wildman–Crippen MR) is 60.2 cm³/mol. The molecule has 0 aromatic heterocycles. The van der Waals surface area contributed by atoms with Crippen LogP contribution in [0.3, 0.4) is 0 Å². The molecule has 1 atom stereocenters. The summed E-state index contributed by atoms with van der Waals surface area (Å²) in [4.78, 5) is 11.3. The van der Waals surface area contributed by atoms with Gasteiger partial charge in [0.15, 0.2) is 0 Å². The molecule has 1 saturated carbocycles. The van der Waals surface area contributed by atoms with Gasteiger partial charge >= 0.3 is 5.97 Å². The highest BCUT2D eigenvalue weighted by Crippen LogP contribution is 2.44. The number of carbonyl (C=O) groups is 1. The molecule has 0 amide bonds. The Morgan fingerprint density at radius 3 is 2.56 bits per heavy atom. The molecule has 3 nitrogen and oxygen atoms in total. The van der Waals surface area contributed by atoms with E-state index in [1.807, 2.05) is 12.1 Å². The molecule has 1 aromatic carbocycles. The molecule has 1 N–H and O–H groups in total. The first kappa shape index (κ1) is 11.0. The van der Waals surface area contributed by atoms with E-state index in [-0.39, 0.29) is 17.6 Å². The van der Waals surface area contributed by atoms with Gasteiger partial charge in [-0.3, -0.25) is 4.79 Å². The lowest BCUT2D eigenvalue weighted by atomic mass is 9.91. The fourth-order valence-corrected chi connectivity index (χ4v) is 2.04. The van der Waals surface area contributed by atoms with Gasteiger partial charge in [0, 0.05) is 0 Å². The van der Waals surface area contributed by atoms with E-state index in [2.05, 4.69) is 0 Å². The number of phenolic OH excluding ortho intramolecular Hbond substituents is 1. The second kappa shape index (κ2) is 4.56. The highest BCUT2D eigenvalue weighted by atomic mass is 16.5. The molecule has 16 heavy (non-hydrogen) atoms. The summed E-state index contributed by atoms with van der Waals surface area (Å²) in [5.74, 6) is 0.943. The van der Waals surface area contributed by atoms with Gasteiger partial charge in [0.1, 0.15) is 5.75 Å². The molecule has 1 aromatic rings. The van der Waals surface area contributed by atoms with Crippen LogP contribution >= 0.6 is 0 Å². The lowest BCUT2D eigenvalue weighted by Gasteiger charge is -2.15. The van der Waals surface area contributed by atoms with Crippen molar-refractivity contribution in [1.82, 2.24) is 0 Å². The Morgan fingerprint density at radius 2 is 2.06 bits per heavy atom. The summed E-state index contributed by atoms with van der Waals surface area (Å²) >= 11 is 0. The monoisotopic (exact) mass is 220 g/mol. The number of esters is 1. The summed E-state index contributed by atoms with van der Waals surface area (Å²) in [6.45, 7) is 0. The molecule has 1 aliphatic rings. The van der Waals surface area contributed by atoms with Crippen LogP contribution in [-0.4, -0.2) is 18.2 Å². The van der Waals surface area contributed by atoms with E-state index in [1.165, 1.54) is 20.0 Å². The standard InChI is InChI=1S/C13H16O3/c1-16-13(15)8-12(9-2-3-9)10-4-6-11(14)7-5-10/h4-7,9,12,14H,2-3,8H2,1H3/t12-/m0/s1. The minimum atomic E-state index is -0.162. The summed E-state index contributed by atoms with van der Waals surface area (Å²) < 4.78 is 4.72. The lowest BCUT2D eigenvalue weighted by molar-refractivity contribution is -0.141. The van der Waals surface area contributed by atoms with Crippen molar-refractivity contribution in [2.24, 2.45) is 5.92 Å².